The second kappa shape index (κ2) is 55.7. The summed E-state index contributed by atoms with van der Waals surface area (Å²) in [4.78, 5) is 38.1. The maximum atomic E-state index is 12.8. The molecule has 0 N–H and O–H groups in total. The molecule has 6 heteroatoms. The Morgan fingerprint density at radius 1 is 0.299 bits per heavy atom. The number of carbonyl (C=O) groups is 3. The number of unbranched alkanes of at least 4 members (excludes halogenated alkanes) is 31. The predicted octanol–water partition coefficient (Wildman–Crippen LogP) is 19.2. The second-order valence-corrected chi connectivity index (χ2v) is 19.2. The van der Waals surface area contributed by atoms with Gasteiger partial charge in [0.25, 0.3) is 0 Å². The normalized spacial score (nSPS) is 12.5. The summed E-state index contributed by atoms with van der Waals surface area (Å²) >= 11 is 0. The first-order chi connectivity index (χ1) is 33.0. The highest BCUT2D eigenvalue weighted by atomic mass is 16.6. The van der Waals surface area contributed by atoms with Crippen LogP contribution >= 0.6 is 0 Å². The summed E-state index contributed by atoms with van der Waals surface area (Å²) in [6, 6.07) is 0. The Hall–Kier alpha value is -2.89. The Morgan fingerprint density at radius 3 is 0.896 bits per heavy atom. The van der Waals surface area contributed by atoms with Crippen molar-refractivity contribution in [3.05, 3.63) is 60.8 Å². The molecule has 0 heterocycles. The van der Waals surface area contributed by atoms with E-state index >= 15 is 0 Å². The summed E-state index contributed by atoms with van der Waals surface area (Å²) < 4.78 is 16.8. The Bertz CT molecular complexity index is 1210. The van der Waals surface area contributed by atoms with E-state index in [1.807, 2.05) is 0 Å². The Morgan fingerprint density at radius 2 is 0.537 bits per heavy atom. The lowest BCUT2D eigenvalue weighted by Gasteiger charge is -2.18. The molecule has 0 rings (SSSR count). The monoisotopic (exact) mass is 937 g/mol. The van der Waals surface area contributed by atoms with Gasteiger partial charge in [-0.3, -0.25) is 14.4 Å². The molecule has 0 aliphatic heterocycles. The fraction of sp³-hybridized carbons (Fsp3) is 0.787. The van der Waals surface area contributed by atoms with Gasteiger partial charge < -0.3 is 14.2 Å². The second-order valence-electron chi connectivity index (χ2n) is 19.2. The van der Waals surface area contributed by atoms with Gasteiger partial charge in [-0.15, -0.1) is 0 Å². The van der Waals surface area contributed by atoms with Crippen molar-refractivity contribution in [2.75, 3.05) is 13.2 Å². The number of hydrogen-bond donors (Lipinski definition) is 0. The summed E-state index contributed by atoms with van der Waals surface area (Å²) in [5.41, 5.74) is 0. The van der Waals surface area contributed by atoms with E-state index in [1.54, 1.807) is 0 Å². The van der Waals surface area contributed by atoms with Crippen LogP contribution in [0.15, 0.2) is 60.8 Å². The maximum absolute atomic E-state index is 12.8. The molecule has 67 heavy (non-hydrogen) atoms. The van der Waals surface area contributed by atoms with E-state index in [0.29, 0.717) is 19.3 Å². The standard InChI is InChI=1S/C61H108O6/c1-4-7-10-13-16-19-22-25-27-29-30-32-33-36-39-42-45-48-51-54-60(63)66-57-58(56-65-59(62)53-50-47-44-41-38-35-24-21-18-15-12-9-6-3)67-61(64)55-52-49-46-43-40-37-34-31-28-26-23-20-17-14-11-8-5-2/h16,19,25-28,30,32,36,39,58H,4-15,17-18,20-24,29,31,33-35,37-38,40-57H2,1-3H3/b19-16+,27-25+,28-26+,32-30+,39-36+/t58-/m1/s1. The average molecular weight is 938 g/mol. The van der Waals surface area contributed by atoms with Crippen molar-refractivity contribution in [2.45, 2.75) is 297 Å². The Balaban J connectivity index is 4.42. The fourth-order valence-corrected chi connectivity index (χ4v) is 8.13. The smallest absolute Gasteiger partial charge is 0.306 e. The van der Waals surface area contributed by atoms with E-state index < -0.39 is 6.10 Å². The molecule has 0 saturated heterocycles. The number of esters is 3. The van der Waals surface area contributed by atoms with E-state index in [2.05, 4.69) is 81.5 Å². The molecular weight excluding hydrogens is 829 g/mol. The molecule has 0 fully saturated rings. The SMILES string of the molecule is CCCCC/C=C/C/C=C/C/C=C/C/C=C/CCCCCC(=O)OC[C@@H](COC(=O)CCCCCCCCCCCCCCC)OC(=O)CCCCCCCCC/C=C/CCCCCCCC. The molecule has 0 unspecified atom stereocenters. The van der Waals surface area contributed by atoms with Crippen LogP contribution in [-0.4, -0.2) is 37.2 Å². The van der Waals surface area contributed by atoms with E-state index in [9.17, 15) is 14.4 Å². The minimum atomic E-state index is -0.788. The number of ether oxygens (including phenoxy) is 3. The van der Waals surface area contributed by atoms with Gasteiger partial charge >= 0.3 is 17.9 Å². The lowest BCUT2D eigenvalue weighted by atomic mass is 10.0. The van der Waals surface area contributed by atoms with Crippen molar-refractivity contribution in [1.82, 2.24) is 0 Å². The number of rotatable bonds is 52. The first kappa shape index (κ1) is 64.1. The summed E-state index contributed by atoms with van der Waals surface area (Å²) in [6.07, 6.45) is 69.2. The van der Waals surface area contributed by atoms with Crippen LogP contribution in [0.2, 0.25) is 0 Å². The molecule has 0 radical (unpaired) electrons. The first-order valence-corrected chi connectivity index (χ1v) is 28.8. The molecule has 0 saturated carbocycles. The molecule has 0 aliphatic rings. The van der Waals surface area contributed by atoms with Crippen molar-refractivity contribution in [1.29, 1.82) is 0 Å². The van der Waals surface area contributed by atoms with E-state index in [4.69, 9.17) is 14.2 Å². The maximum Gasteiger partial charge on any atom is 0.306 e. The van der Waals surface area contributed by atoms with Crippen molar-refractivity contribution in [2.24, 2.45) is 0 Å². The number of carbonyl (C=O) groups excluding carboxylic acids is 3. The van der Waals surface area contributed by atoms with Gasteiger partial charge in [-0.2, -0.15) is 0 Å². The molecule has 1 atom stereocenters. The lowest BCUT2D eigenvalue weighted by molar-refractivity contribution is -0.167. The van der Waals surface area contributed by atoms with Crippen LogP contribution in [0.1, 0.15) is 290 Å². The minimum Gasteiger partial charge on any atom is -0.462 e. The largest absolute Gasteiger partial charge is 0.462 e. The summed E-state index contributed by atoms with van der Waals surface area (Å²) in [7, 11) is 0. The van der Waals surface area contributed by atoms with Crippen molar-refractivity contribution in [3.63, 3.8) is 0 Å². The summed E-state index contributed by atoms with van der Waals surface area (Å²) in [6.45, 7) is 6.60. The van der Waals surface area contributed by atoms with Crippen molar-refractivity contribution in [3.8, 4) is 0 Å². The molecule has 0 bridgehead atoms. The molecular formula is C61H108O6. The molecule has 0 aliphatic carbocycles. The lowest BCUT2D eigenvalue weighted by Crippen LogP contribution is -2.30. The van der Waals surface area contributed by atoms with E-state index in [1.165, 1.54) is 167 Å². The minimum absolute atomic E-state index is 0.0837. The third-order valence-electron chi connectivity index (χ3n) is 12.5. The zero-order valence-corrected chi connectivity index (χ0v) is 44.4. The third-order valence-corrected chi connectivity index (χ3v) is 12.5. The predicted molar refractivity (Wildman–Crippen MR) is 288 cm³/mol. The van der Waals surface area contributed by atoms with Gasteiger partial charge in [0, 0.05) is 19.3 Å². The number of allylic oxidation sites excluding steroid dienone is 10. The molecule has 388 valence electrons. The van der Waals surface area contributed by atoms with Crippen LogP contribution in [0.25, 0.3) is 0 Å². The molecule has 6 nitrogen and oxygen atoms in total. The van der Waals surface area contributed by atoms with Crippen LogP contribution in [0, 0.1) is 0 Å². The highest BCUT2D eigenvalue weighted by Crippen LogP contribution is 2.15. The van der Waals surface area contributed by atoms with Gasteiger partial charge in [-0.25, -0.2) is 0 Å². The van der Waals surface area contributed by atoms with Gasteiger partial charge in [0.15, 0.2) is 6.10 Å². The average Bonchev–Trinajstić information content (AvgIpc) is 3.33. The van der Waals surface area contributed by atoms with Crippen LogP contribution in [0.5, 0.6) is 0 Å². The van der Waals surface area contributed by atoms with Crippen molar-refractivity contribution < 1.29 is 28.6 Å². The van der Waals surface area contributed by atoms with Gasteiger partial charge in [-0.05, 0) is 89.9 Å². The van der Waals surface area contributed by atoms with Gasteiger partial charge in [0.05, 0.1) is 0 Å². The van der Waals surface area contributed by atoms with Gasteiger partial charge in [0.2, 0.25) is 0 Å². The van der Waals surface area contributed by atoms with Crippen LogP contribution in [-0.2, 0) is 28.6 Å². The van der Waals surface area contributed by atoms with Gasteiger partial charge in [-0.1, -0.05) is 242 Å². The van der Waals surface area contributed by atoms with Crippen molar-refractivity contribution >= 4 is 17.9 Å². The summed E-state index contributed by atoms with van der Waals surface area (Å²) in [5, 5.41) is 0. The third kappa shape index (κ3) is 53.9. The highest BCUT2D eigenvalue weighted by molar-refractivity contribution is 5.71. The molecule has 0 amide bonds. The summed E-state index contributed by atoms with van der Waals surface area (Å²) in [5.74, 6) is -0.909. The molecule has 0 aromatic rings. The van der Waals surface area contributed by atoms with Crippen LogP contribution < -0.4 is 0 Å². The quantitative estimate of drug-likeness (QED) is 0.0262. The van der Waals surface area contributed by atoms with Crippen LogP contribution in [0.3, 0.4) is 0 Å². The Kier molecular flexibility index (Phi) is 53.3. The van der Waals surface area contributed by atoms with E-state index in [0.717, 1.165) is 83.5 Å². The van der Waals surface area contributed by atoms with E-state index in [-0.39, 0.29) is 31.1 Å². The first-order valence-electron chi connectivity index (χ1n) is 28.8. The van der Waals surface area contributed by atoms with Gasteiger partial charge in [0.1, 0.15) is 13.2 Å². The zero-order chi connectivity index (χ0) is 48.6. The van der Waals surface area contributed by atoms with Crippen LogP contribution in [0.4, 0.5) is 0 Å². The molecule has 0 aromatic carbocycles. The topological polar surface area (TPSA) is 78.9 Å². The zero-order valence-electron chi connectivity index (χ0n) is 44.4. The highest BCUT2D eigenvalue weighted by Gasteiger charge is 2.19. The molecule has 0 spiro atoms. The molecule has 0 aromatic heterocycles. The fourth-order valence-electron chi connectivity index (χ4n) is 8.13. The Labute approximate surface area is 415 Å². The number of hydrogen-bond acceptors (Lipinski definition) is 6.